The number of rotatable bonds is 4. The molecule has 1 saturated heterocycles. The van der Waals surface area contributed by atoms with E-state index in [2.05, 4.69) is 22.1 Å². The third-order valence-electron chi connectivity index (χ3n) is 4.02. The molecule has 1 atom stereocenters. The molecule has 1 aliphatic heterocycles. The molecular weight excluding hydrogens is 264 g/mol. The van der Waals surface area contributed by atoms with Crippen LogP contribution in [-0.4, -0.2) is 45.9 Å². The van der Waals surface area contributed by atoms with Gasteiger partial charge in [0.05, 0.1) is 0 Å². The molecule has 0 aromatic carbocycles. The van der Waals surface area contributed by atoms with E-state index in [1.54, 1.807) is 6.20 Å². The van der Waals surface area contributed by atoms with Gasteiger partial charge in [-0.3, -0.25) is 4.79 Å². The fourth-order valence-electron chi connectivity index (χ4n) is 2.96. The molecule has 0 saturated carbocycles. The zero-order valence-electron chi connectivity index (χ0n) is 12.7. The summed E-state index contributed by atoms with van der Waals surface area (Å²) in [6, 6.07) is 4.10. The first-order valence-corrected chi connectivity index (χ1v) is 7.61. The second-order valence-electron chi connectivity index (χ2n) is 5.93. The van der Waals surface area contributed by atoms with Gasteiger partial charge in [-0.05, 0) is 51.4 Å². The van der Waals surface area contributed by atoms with Gasteiger partial charge >= 0.3 is 0 Å². The summed E-state index contributed by atoms with van der Waals surface area (Å²) in [6.45, 7) is 7.26. The summed E-state index contributed by atoms with van der Waals surface area (Å²) in [5, 5.41) is 3.05. The number of aromatic nitrogens is 2. The number of hydrogen-bond donors (Lipinski definition) is 1. The van der Waals surface area contributed by atoms with Gasteiger partial charge < -0.3 is 14.6 Å². The molecule has 21 heavy (non-hydrogen) atoms. The van der Waals surface area contributed by atoms with Gasteiger partial charge in [-0.2, -0.15) is 0 Å². The average Bonchev–Trinajstić information content (AvgIpc) is 3.07. The van der Waals surface area contributed by atoms with Crippen LogP contribution in [0.25, 0.3) is 5.65 Å². The molecule has 2 aromatic rings. The van der Waals surface area contributed by atoms with Gasteiger partial charge in [0, 0.05) is 25.0 Å². The number of nitrogens with one attached hydrogen (secondary N) is 1. The molecule has 2 aromatic heterocycles. The topological polar surface area (TPSA) is 49.6 Å². The number of amides is 1. The summed E-state index contributed by atoms with van der Waals surface area (Å²) in [6.07, 6.45) is 6.25. The highest BCUT2D eigenvalue weighted by Gasteiger charge is 2.18. The summed E-state index contributed by atoms with van der Waals surface area (Å²) in [4.78, 5) is 19.1. The van der Waals surface area contributed by atoms with Crippen LogP contribution in [0.3, 0.4) is 0 Å². The van der Waals surface area contributed by atoms with Gasteiger partial charge in [0.2, 0.25) is 0 Å². The first-order chi connectivity index (χ1) is 10.1. The minimum Gasteiger partial charge on any atom is -0.347 e. The normalized spacial score (nSPS) is 17.2. The number of likely N-dealkylation sites (tertiary alicyclic amines) is 1. The fraction of sp³-hybridized carbons (Fsp3) is 0.500. The Kier molecular flexibility index (Phi) is 3.92. The highest BCUT2D eigenvalue weighted by atomic mass is 16.2. The predicted molar refractivity (Wildman–Crippen MR) is 82.5 cm³/mol. The van der Waals surface area contributed by atoms with Crippen molar-refractivity contribution in [2.24, 2.45) is 0 Å². The summed E-state index contributed by atoms with van der Waals surface area (Å²) in [5.74, 6) is -0.0928. The van der Waals surface area contributed by atoms with Crippen LogP contribution in [0.4, 0.5) is 0 Å². The van der Waals surface area contributed by atoms with Gasteiger partial charge in [-0.1, -0.05) is 6.07 Å². The second kappa shape index (κ2) is 5.85. The molecule has 5 heteroatoms. The van der Waals surface area contributed by atoms with Crippen molar-refractivity contribution in [1.29, 1.82) is 0 Å². The number of aryl methyl sites for hydroxylation is 1. The number of nitrogens with zero attached hydrogens (tertiary/aromatic N) is 3. The van der Waals surface area contributed by atoms with Crippen LogP contribution < -0.4 is 5.32 Å². The lowest BCUT2D eigenvalue weighted by Gasteiger charge is -2.20. The standard InChI is InChI=1S/C16H22N4O/c1-12-6-5-9-20-11-14(18-15(12)20)16(21)17-13(2)10-19-7-3-4-8-19/h5-6,9,11,13H,3-4,7-8,10H2,1-2H3,(H,17,21). The Morgan fingerprint density at radius 1 is 1.43 bits per heavy atom. The lowest BCUT2D eigenvalue weighted by molar-refractivity contribution is 0.0927. The molecule has 112 valence electrons. The van der Waals surface area contributed by atoms with E-state index < -0.39 is 0 Å². The van der Waals surface area contributed by atoms with Crippen molar-refractivity contribution in [2.75, 3.05) is 19.6 Å². The van der Waals surface area contributed by atoms with Crippen molar-refractivity contribution >= 4 is 11.6 Å². The van der Waals surface area contributed by atoms with E-state index >= 15 is 0 Å². The summed E-state index contributed by atoms with van der Waals surface area (Å²) < 4.78 is 1.90. The molecule has 0 radical (unpaired) electrons. The van der Waals surface area contributed by atoms with E-state index in [0.29, 0.717) is 5.69 Å². The number of hydrogen-bond acceptors (Lipinski definition) is 3. The van der Waals surface area contributed by atoms with Gasteiger partial charge in [0.25, 0.3) is 5.91 Å². The zero-order valence-corrected chi connectivity index (χ0v) is 12.7. The van der Waals surface area contributed by atoms with Gasteiger partial charge in [-0.25, -0.2) is 4.98 Å². The maximum absolute atomic E-state index is 12.3. The van der Waals surface area contributed by atoms with Crippen LogP contribution in [0.15, 0.2) is 24.5 Å². The van der Waals surface area contributed by atoms with Crippen molar-refractivity contribution in [3.8, 4) is 0 Å². The Hall–Kier alpha value is -1.88. The number of carbonyl (C=O) groups excluding carboxylic acids is 1. The van der Waals surface area contributed by atoms with Crippen LogP contribution in [0, 0.1) is 6.92 Å². The maximum atomic E-state index is 12.3. The number of fused-ring (bicyclic) bond motifs is 1. The SMILES string of the molecule is Cc1cccn2cc(C(=O)NC(C)CN3CCCC3)nc12. The van der Waals surface area contributed by atoms with Gasteiger partial charge in [0.1, 0.15) is 11.3 Å². The Morgan fingerprint density at radius 3 is 2.90 bits per heavy atom. The summed E-state index contributed by atoms with van der Waals surface area (Å²) >= 11 is 0. The zero-order chi connectivity index (χ0) is 14.8. The van der Waals surface area contributed by atoms with E-state index in [0.717, 1.165) is 30.8 Å². The first-order valence-electron chi connectivity index (χ1n) is 7.61. The number of pyridine rings is 1. The minimum atomic E-state index is -0.0928. The largest absolute Gasteiger partial charge is 0.347 e. The van der Waals surface area contributed by atoms with Crippen LogP contribution in [0.2, 0.25) is 0 Å². The predicted octanol–water partition coefficient (Wildman–Crippen LogP) is 1.86. The van der Waals surface area contributed by atoms with Crippen LogP contribution in [-0.2, 0) is 0 Å². The lowest BCUT2D eigenvalue weighted by atomic mass is 10.3. The van der Waals surface area contributed by atoms with E-state index in [1.807, 2.05) is 29.7 Å². The average molecular weight is 286 g/mol. The first kappa shape index (κ1) is 14.1. The lowest BCUT2D eigenvalue weighted by Crippen LogP contribution is -2.41. The molecule has 1 unspecified atom stereocenters. The van der Waals surface area contributed by atoms with Gasteiger partial charge in [-0.15, -0.1) is 0 Å². The molecule has 0 aliphatic carbocycles. The van der Waals surface area contributed by atoms with Gasteiger partial charge in [0.15, 0.2) is 0 Å². The molecule has 1 fully saturated rings. The van der Waals surface area contributed by atoms with Crippen LogP contribution in [0.1, 0.15) is 35.8 Å². The third-order valence-corrected chi connectivity index (χ3v) is 4.02. The smallest absolute Gasteiger partial charge is 0.271 e. The minimum absolute atomic E-state index is 0.0928. The van der Waals surface area contributed by atoms with Crippen molar-refractivity contribution < 1.29 is 4.79 Å². The summed E-state index contributed by atoms with van der Waals surface area (Å²) in [7, 11) is 0. The highest BCUT2D eigenvalue weighted by molar-refractivity contribution is 5.93. The highest BCUT2D eigenvalue weighted by Crippen LogP contribution is 2.11. The molecule has 1 N–H and O–H groups in total. The van der Waals surface area contributed by atoms with E-state index in [-0.39, 0.29) is 11.9 Å². The Morgan fingerprint density at radius 2 is 2.19 bits per heavy atom. The quantitative estimate of drug-likeness (QED) is 0.933. The Labute approximate surface area is 125 Å². The monoisotopic (exact) mass is 286 g/mol. The second-order valence-corrected chi connectivity index (χ2v) is 5.93. The van der Waals surface area contributed by atoms with Crippen molar-refractivity contribution in [3.05, 3.63) is 35.8 Å². The molecule has 1 amide bonds. The number of imidazole rings is 1. The molecule has 5 nitrogen and oxygen atoms in total. The van der Waals surface area contributed by atoms with Crippen molar-refractivity contribution in [1.82, 2.24) is 19.6 Å². The molecule has 1 aliphatic rings. The molecule has 0 spiro atoms. The third kappa shape index (κ3) is 3.08. The summed E-state index contributed by atoms with van der Waals surface area (Å²) in [5.41, 5.74) is 2.40. The van der Waals surface area contributed by atoms with Crippen molar-refractivity contribution in [2.45, 2.75) is 32.7 Å². The molecule has 3 heterocycles. The fourth-order valence-corrected chi connectivity index (χ4v) is 2.96. The molecule has 3 rings (SSSR count). The van der Waals surface area contributed by atoms with E-state index in [9.17, 15) is 4.79 Å². The molecule has 0 bridgehead atoms. The maximum Gasteiger partial charge on any atom is 0.271 e. The van der Waals surface area contributed by atoms with Crippen LogP contribution >= 0.6 is 0 Å². The Balaban J connectivity index is 1.67. The van der Waals surface area contributed by atoms with E-state index in [4.69, 9.17) is 0 Å². The number of carbonyl (C=O) groups is 1. The Bertz CT molecular complexity index is 643. The molecular formula is C16H22N4O. The van der Waals surface area contributed by atoms with E-state index in [1.165, 1.54) is 12.8 Å². The van der Waals surface area contributed by atoms with Crippen molar-refractivity contribution in [3.63, 3.8) is 0 Å². The van der Waals surface area contributed by atoms with Crippen LogP contribution in [0.5, 0.6) is 0 Å².